The van der Waals surface area contributed by atoms with E-state index in [9.17, 15) is 13.2 Å². The first-order chi connectivity index (χ1) is 13.8. The maximum Gasteiger partial charge on any atom is 0.242 e. The van der Waals surface area contributed by atoms with E-state index < -0.39 is 16.1 Å². The van der Waals surface area contributed by atoms with Gasteiger partial charge in [-0.05, 0) is 48.9 Å². The molecule has 0 radical (unpaired) electrons. The lowest BCUT2D eigenvalue weighted by atomic mass is 9.98. The van der Waals surface area contributed by atoms with Crippen molar-refractivity contribution in [3.05, 3.63) is 64.1 Å². The number of hydrogen-bond donors (Lipinski definition) is 1. The fraction of sp³-hybridized carbons (Fsp3) is 0.381. The van der Waals surface area contributed by atoms with E-state index in [1.54, 1.807) is 4.90 Å². The number of halogens is 2. The number of amides is 1. The lowest BCUT2D eigenvalue weighted by molar-refractivity contribution is -0.134. The van der Waals surface area contributed by atoms with Gasteiger partial charge in [-0.25, -0.2) is 8.42 Å². The maximum absolute atomic E-state index is 13.2. The Balaban J connectivity index is 1.88. The highest BCUT2D eigenvalue weighted by molar-refractivity contribution is 7.89. The molecule has 1 saturated heterocycles. The van der Waals surface area contributed by atoms with E-state index in [2.05, 4.69) is 11.6 Å². The monoisotopic (exact) mass is 454 g/mol. The van der Waals surface area contributed by atoms with E-state index in [1.807, 2.05) is 30.3 Å². The van der Waals surface area contributed by atoms with Crippen LogP contribution in [0.4, 0.5) is 0 Å². The molecule has 2 aromatic carbocycles. The Bertz CT molecular complexity index is 959. The summed E-state index contributed by atoms with van der Waals surface area (Å²) in [6.07, 6.45) is 2.08. The molecule has 156 valence electrons. The predicted molar refractivity (Wildman–Crippen MR) is 116 cm³/mol. The quantitative estimate of drug-likeness (QED) is 0.712. The molecule has 1 unspecified atom stereocenters. The van der Waals surface area contributed by atoms with Gasteiger partial charge in [0.1, 0.15) is 10.9 Å². The molecule has 1 heterocycles. The molecule has 1 N–H and O–H groups in total. The van der Waals surface area contributed by atoms with Crippen LogP contribution in [0.25, 0.3) is 0 Å². The molecule has 0 saturated carbocycles. The number of carbonyl (C=O) groups excluding carboxylic acids is 1. The predicted octanol–water partition coefficient (Wildman–Crippen LogP) is 4.14. The SMILES string of the molecule is CC1CCN(C(=O)C(Cc2ccccc2)NS(=O)(=O)c2cc(Cl)ccc2Cl)CC1. The molecule has 8 heteroatoms. The zero-order valence-electron chi connectivity index (χ0n) is 16.1. The summed E-state index contributed by atoms with van der Waals surface area (Å²) in [4.78, 5) is 14.8. The fourth-order valence-electron chi connectivity index (χ4n) is 3.41. The third-order valence-electron chi connectivity index (χ3n) is 5.16. The number of hydrogen-bond acceptors (Lipinski definition) is 3. The molecule has 1 atom stereocenters. The van der Waals surface area contributed by atoms with Crippen LogP contribution in [0.15, 0.2) is 53.4 Å². The van der Waals surface area contributed by atoms with E-state index in [1.165, 1.54) is 18.2 Å². The van der Waals surface area contributed by atoms with Crippen LogP contribution >= 0.6 is 23.2 Å². The van der Waals surface area contributed by atoms with Gasteiger partial charge >= 0.3 is 0 Å². The van der Waals surface area contributed by atoms with Crippen LogP contribution in [0.2, 0.25) is 10.0 Å². The second-order valence-electron chi connectivity index (χ2n) is 7.45. The average molecular weight is 455 g/mol. The third kappa shape index (κ3) is 5.72. The van der Waals surface area contributed by atoms with Gasteiger partial charge in [0.2, 0.25) is 15.9 Å². The standard InChI is InChI=1S/C21H24Cl2N2O3S/c1-15-9-11-25(12-10-15)21(26)19(13-16-5-3-2-4-6-16)24-29(27,28)20-14-17(22)7-8-18(20)23/h2-8,14-15,19,24H,9-13H2,1H3. The number of carbonyl (C=O) groups is 1. The molecule has 0 aromatic heterocycles. The number of sulfonamides is 1. The van der Waals surface area contributed by atoms with E-state index >= 15 is 0 Å². The van der Waals surface area contributed by atoms with Crippen LogP contribution in [0, 0.1) is 5.92 Å². The fourth-order valence-corrected chi connectivity index (χ4v) is 5.36. The Labute approximate surface area is 182 Å². The third-order valence-corrected chi connectivity index (χ3v) is 7.34. The van der Waals surface area contributed by atoms with E-state index in [4.69, 9.17) is 23.2 Å². The van der Waals surface area contributed by atoms with Gasteiger partial charge in [0.25, 0.3) is 0 Å². The minimum Gasteiger partial charge on any atom is -0.341 e. The summed E-state index contributed by atoms with van der Waals surface area (Å²) >= 11 is 12.1. The molecule has 1 aliphatic heterocycles. The molecule has 1 fully saturated rings. The van der Waals surface area contributed by atoms with Crippen molar-refractivity contribution in [1.29, 1.82) is 0 Å². The Kier molecular flexibility index (Phi) is 7.22. The summed E-state index contributed by atoms with van der Waals surface area (Å²) in [5, 5.41) is 0.310. The Morgan fingerprint density at radius 2 is 1.79 bits per heavy atom. The second kappa shape index (κ2) is 9.47. The van der Waals surface area contributed by atoms with Crippen LogP contribution in [0.1, 0.15) is 25.3 Å². The molecule has 0 aliphatic carbocycles. The second-order valence-corrected chi connectivity index (χ2v) is 9.97. The molecule has 29 heavy (non-hydrogen) atoms. The van der Waals surface area contributed by atoms with Crippen molar-refractivity contribution in [2.24, 2.45) is 5.92 Å². The first-order valence-electron chi connectivity index (χ1n) is 9.56. The normalized spacial score (nSPS) is 16.6. The minimum atomic E-state index is -4.04. The lowest BCUT2D eigenvalue weighted by Gasteiger charge is -2.33. The number of likely N-dealkylation sites (tertiary alicyclic amines) is 1. The Morgan fingerprint density at radius 1 is 1.14 bits per heavy atom. The van der Waals surface area contributed by atoms with Gasteiger partial charge in [-0.15, -0.1) is 0 Å². The van der Waals surface area contributed by atoms with Crippen molar-refractivity contribution in [2.75, 3.05) is 13.1 Å². The maximum atomic E-state index is 13.2. The van der Waals surface area contributed by atoms with Gasteiger partial charge in [0.05, 0.1) is 5.02 Å². The number of piperidine rings is 1. The van der Waals surface area contributed by atoms with Gasteiger partial charge in [0, 0.05) is 18.1 Å². The zero-order valence-corrected chi connectivity index (χ0v) is 18.5. The van der Waals surface area contributed by atoms with Gasteiger partial charge in [-0.3, -0.25) is 4.79 Å². The molecule has 5 nitrogen and oxygen atoms in total. The summed E-state index contributed by atoms with van der Waals surface area (Å²) in [7, 11) is -4.04. The number of benzene rings is 2. The Morgan fingerprint density at radius 3 is 2.45 bits per heavy atom. The Hall–Kier alpha value is -1.60. The smallest absolute Gasteiger partial charge is 0.242 e. The molecule has 0 bridgehead atoms. The van der Waals surface area contributed by atoms with Crippen molar-refractivity contribution in [1.82, 2.24) is 9.62 Å². The first kappa shape index (κ1) is 22.1. The van der Waals surface area contributed by atoms with Crippen LogP contribution in [0.3, 0.4) is 0 Å². The van der Waals surface area contributed by atoms with Crippen LogP contribution in [-0.4, -0.2) is 38.4 Å². The van der Waals surface area contributed by atoms with Crippen LogP contribution < -0.4 is 4.72 Å². The molecule has 1 aliphatic rings. The van der Waals surface area contributed by atoms with E-state index in [0.717, 1.165) is 18.4 Å². The topological polar surface area (TPSA) is 66.5 Å². The molecular weight excluding hydrogens is 431 g/mol. The molecular formula is C21H24Cl2N2O3S. The molecule has 0 spiro atoms. The zero-order chi connectivity index (χ0) is 21.0. The van der Waals surface area contributed by atoms with Gasteiger partial charge in [-0.2, -0.15) is 4.72 Å². The lowest BCUT2D eigenvalue weighted by Crippen LogP contribution is -2.51. The minimum absolute atomic E-state index is 0.0552. The highest BCUT2D eigenvalue weighted by Gasteiger charge is 2.32. The summed E-state index contributed by atoms with van der Waals surface area (Å²) in [5.41, 5.74) is 0.871. The van der Waals surface area contributed by atoms with Gasteiger partial charge in [0.15, 0.2) is 0 Å². The number of nitrogens with one attached hydrogen (secondary N) is 1. The summed E-state index contributed by atoms with van der Waals surface area (Å²) in [6, 6.07) is 12.7. The molecule has 3 rings (SSSR count). The molecule has 1 amide bonds. The first-order valence-corrected chi connectivity index (χ1v) is 11.8. The number of rotatable bonds is 6. The van der Waals surface area contributed by atoms with E-state index in [-0.39, 0.29) is 27.3 Å². The van der Waals surface area contributed by atoms with Crippen molar-refractivity contribution in [3.8, 4) is 0 Å². The summed E-state index contributed by atoms with van der Waals surface area (Å²) < 4.78 is 28.6. The summed E-state index contributed by atoms with van der Waals surface area (Å²) in [6.45, 7) is 3.42. The highest BCUT2D eigenvalue weighted by Crippen LogP contribution is 2.26. The largest absolute Gasteiger partial charge is 0.341 e. The summed E-state index contributed by atoms with van der Waals surface area (Å²) in [5.74, 6) is 0.344. The van der Waals surface area contributed by atoms with Crippen molar-refractivity contribution in [3.63, 3.8) is 0 Å². The van der Waals surface area contributed by atoms with Crippen LogP contribution in [0.5, 0.6) is 0 Å². The average Bonchev–Trinajstić information content (AvgIpc) is 2.70. The van der Waals surface area contributed by atoms with Gasteiger partial charge < -0.3 is 4.90 Å². The number of nitrogens with zero attached hydrogens (tertiary/aromatic N) is 1. The van der Waals surface area contributed by atoms with Gasteiger partial charge in [-0.1, -0.05) is 60.5 Å². The van der Waals surface area contributed by atoms with Crippen molar-refractivity contribution < 1.29 is 13.2 Å². The molecule has 2 aromatic rings. The van der Waals surface area contributed by atoms with Crippen molar-refractivity contribution >= 4 is 39.1 Å². The van der Waals surface area contributed by atoms with Crippen molar-refractivity contribution in [2.45, 2.75) is 37.1 Å². The highest BCUT2D eigenvalue weighted by atomic mass is 35.5. The van der Waals surface area contributed by atoms with E-state index in [0.29, 0.717) is 19.0 Å². The van der Waals surface area contributed by atoms with Crippen LogP contribution in [-0.2, 0) is 21.2 Å².